The van der Waals surface area contributed by atoms with Crippen LogP contribution in [0.3, 0.4) is 0 Å². The van der Waals surface area contributed by atoms with Gasteiger partial charge in [-0.2, -0.15) is 0 Å². The van der Waals surface area contributed by atoms with Crippen molar-refractivity contribution in [3.05, 3.63) is 35.4 Å². The summed E-state index contributed by atoms with van der Waals surface area (Å²) in [5.74, 6) is -3.59. The Morgan fingerprint density at radius 1 is 1.44 bits per heavy atom. The summed E-state index contributed by atoms with van der Waals surface area (Å²) in [7, 11) is 0. The van der Waals surface area contributed by atoms with Gasteiger partial charge in [0.15, 0.2) is 11.6 Å². The number of rotatable bonds is 4. The summed E-state index contributed by atoms with van der Waals surface area (Å²) < 4.78 is 44.1. The maximum atomic E-state index is 13.5. The number of hydrogen-bond donors (Lipinski definition) is 1. The molecule has 0 fully saturated rings. The predicted octanol–water partition coefficient (Wildman–Crippen LogP) is 2.29. The van der Waals surface area contributed by atoms with Gasteiger partial charge in [-0.3, -0.25) is 0 Å². The third-order valence-corrected chi connectivity index (χ3v) is 2.17. The van der Waals surface area contributed by atoms with Gasteiger partial charge in [-0.05, 0) is 13.0 Å². The fourth-order valence-corrected chi connectivity index (χ4v) is 1.30. The van der Waals surface area contributed by atoms with E-state index in [0.717, 1.165) is 12.1 Å². The topological polar surface area (TPSA) is 52.3 Å². The largest absolute Gasteiger partial charge is 0.464 e. The number of halogens is 4. The molecule has 1 rings (SSSR count). The summed E-state index contributed by atoms with van der Waals surface area (Å²) in [4.78, 5) is 11.1. The molecule has 7 heteroatoms. The Bertz CT molecular complexity index is 417. The molecule has 0 amide bonds. The molecule has 3 nitrogen and oxygen atoms in total. The first kappa shape index (κ1) is 16.7. The molecule has 0 radical (unpaired) electrons. The second-order valence-electron chi connectivity index (χ2n) is 3.32. The smallest absolute Gasteiger partial charge is 0.342 e. The van der Waals surface area contributed by atoms with Crippen LogP contribution in [0.2, 0.25) is 0 Å². The maximum Gasteiger partial charge on any atom is 0.342 e. The monoisotopic (exact) mass is 283 g/mol. The van der Waals surface area contributed by atoms with Crippen molar-refractivity contribution in [2.24, 2.45) is 5.73 Å². The standard InChI is InChI=1S/C11H12F3NO2.ClH/c1-2-17-11(16)9(14)10(15)6-4-3-5-7(12)8(6)13;/h3-5,9-10H,2,15H2,1H3;1H/t9?,10-;/m1./s1. The zero-order valence-electron chi connectivity index (χ0n) is 9.53. The van der Waals surface area contributed by atoms with E-state index in [-0.39, 0.29) is 19.0 Å². The van der Waals surface area contributed by atoms with Crippen molar-refractivity contribution in [1.82, 2.24) is 0 Å². The zero-order chi connectivity index (χ0) is 13.0. The molecular formula is C11H13ClF3NO2. The van der Waals surface area contributed by atoms with Crippen LogP contribution >= 0.6 is 12.4 Å². The van der Waals surface area contributed by atoms with Crippen molar-refractivity contribution in [3.8, 4) is 0 Å². The highest BCUT2D eigenvalue weighted by molar-refractivity contribution is 5.85. The molecule has 1 aromatic carbocycles. The van der Waals surface area contributed by atoms with Crippen LogP contribution in [0.25, 0.3) is 0 Å². The van der Waals surface area contributed by atoms with E-state index in [1.807, 2.05) is 0 Å². The Balaban J connectivity index is 0.00000289. The third-order valence-electron chi connectivity index (χ3n) is 2.17. The van der Waals surface area contributed by atoms with E-state index in [2.05, 4.69) is 4.74 Å². The van der Waals surface area contributed by atoms with Crippen molar-refractivity contribution in [2.45, 2.75) is 19.1 Å². The van der Waals surface area contributed by atoms with E-state index < -0.39 is 35.4 Å². The molecule has 0 saturated carbocycles. The van der Waals surface area contributed by atoms with Crippen LogP contribution < -0.4 is 5.73 Å². The Morgan fingerprint density at radius 2 is 2.06 bits per heavy atom. The molecule has 2 N–H and O–H groups in total. The number of ether oxygens (including phenoxy) is 1. The number of esters is 1. The lowest BCUT2D eigenvalue weighted by Gasteiger charge is -2.16. The van der Waals surface area contributed by atoms with Crippen molar-refractivity contribution in [2.75, 3.05) is 6.61 Å². The van der Waals surface area contributed by atoms with Crippen LogP contribution in [0.4, 0.5) is 13.2 Å². The van der Waals surface area contributed by atoms with E-state index in [4.69, 9.17) is 5.73 Å². The number of nitrogens with two attached hydrogens (primary N) is 1. The molecule has 0 bridgehead atoms. The molecule has 0 heterocycles. The molecule has 0 saturated heterocycles. The highest BCUT2D eigenvalue weighted by Gasteiger charge is 2.30. The zero-order valence-corrected chi connectivity index (χ0v) is 10.3. The number of hydrogen-bond acceptors (Lipinski definition) is 3. The van der Waals surface area contributed by atoms with Gasteiger partial charge >= 0.3 is 5.97 Å². The van der Waals surface area contributed by atoms with Gasteiger partial charge in [-0.1, -0.05) is 12.1 Å². The lowest BCUT2D eigenvalue weighted by atomic mass is 10.0. The summed E-state index contributed by atoms with van der Waals surface area (Å²) in [6.07, 6.45) is -2.23. The van der Waals surface area contributed by atoms with Gasteiger partial charge in [0, 0.05) is 5.56 Å². The molecule has 18 heavy (non-hydrogen) atoms. The first-order chi connectivity index (χ1) is 7.99. The second kappa shape index (κ2) is 7.23. The van der Waals surface area contributed by atoms with Gasteiger partial charge in [0.25, 0.3) is 0 Å². The number of carbonyl (C=O) groups excluding carboxylic acids is 1. The van der Waals surface area contributed by atoms with E-state index in [0.29, 0.717) is 0 Å². The molecule has 102 valence electrons. The normalized spacial score (nSPS) is 13.4. The van der Waals surface area contributed by atoms with Gasteiger partial charge in [-0.25, -0.2) is 18.0 Å². The van der Waals surface area contributed by atoms with Crippen LogP contribution in [0.15, 0.2) is 18.2 Å². The van der Waals surface area contributed by atoms with Crippen LogP contribution in [0.1, 0.15) is 18.5 Å². The average Bonchev–Trinajstić information content (AvgIpc) is 2.31. The van der Waals surface area contributed by atoms with Crippen molar-refractivity contribution in [1.29, 1.82) is 0 Å². The molecule has 0 aliphatic carbocycles. The van der Waals surface area contributed by atoms with Crippen molar-refractivity contribution >= 4 is 18.4 Å². The number of carbonyl (C=O) groups is 1. The van der Waals surface area contributed by atoms with E-state index in [1.165, 1.54) is 13.0 Å². The van der Waals surface area contributed by atoms with E-state index in [9.17, 15) is 18.0 Å². The van der Waals surface area contributed by atoms with Crippen LogP contribution in [0.5, 0.6) is 0 Å². The SMILES string of the molecule is CCOC(=O)C(F)[C@H](N)c1cccc(F)c1F.Cl. The highest BCUT2D eigenvalue weighted by atomic mass is 35.5. The lowest BCUT2D eigenvalue weighted by Crippen LogP contribution is -2.32. The fraction of sp³-hybridized carbons (Fsp3) is 0.364. The Labute approximate surface area is 109 Å². The molecule has 1 aromatic rings. The number of alkyl halides is 1. The van der Waals surface area contributed by atoms with Gasteiger partial charge in [0.05, 0.1) is 12.6 Å². The van der Waals surface area contributed by atoms with Gasteiger partial charge in [0.2, 0.25) is 6.17 Å². The first-order valence-electron chi connectivity index (χ1n) is 4.99. The van der Waals surface area contributed by atoms with Crippen molar-refractivity contribution < 1.29 is 22.7 Å². The molecule has 1 unspecified atom stereocenters. The Hall–Kier alpha value is -1.27. The Kier molecular flexibility index (Phi) is 6.72. The van der Waals surface area contributed by atoms with Crippen LogP contribution in [-0.4, -0.2) is 18.7 Å². The fourth-order valence-electron chi connectivity index (χ4n) is 1.30. The predicted molar refractivity (Wildman–Crippen MR) is 62.1 cm³/mol. The van der Waals surface area contributed by atoms with Crippen LogP contribution in [0, 0.1) is 11.6 Å². The summed E-state index contributed by atoms with van der Waals surface area (Å²) in [6, 6.07) is 1.59. The van der Waals surface area contributed by atoms with Gasteiger partial charge in [0.1, 0.15) is 0 Å². The summed E-state index contributed by atoms with van der Waals surface area (Å²) >= 11 is 0. The molecule has 0 aliphatic rings. The Morgan fingerprint density at radius 3 is 2.61 bits per heavy atom. The molecule has 0 aromatic heterocycles. The molecular weight excluding hydrogens is 271 g/mol. The molecule has 0 aliphatic heterocycles. The quantitative estimate of drug-likeness (QED) is 0.863. The van der Waals surface area contributed by atoms with Gasteiger partial charge in [-0.15, -0.1) is 12.4 Å². The van der Waals surface area contributed by atoms with Crippen LogP contribution in [-0.2, 0) is 9.53 Å². The van der Waals surface area contributed by atoms with E-state index in [1.54, 1.807) is 0 Å². The maximum absolute atomic E-state index is 13.5. The average molecular weight is 284 g/mol. The van der Waals surface area contributed by atoms with E-state index >= 15 is 0 Å². The minimum absolute atomic E-state index is 0. The van der Waals surface area contributed by atoms with Crippen molar-refractivity contribution in [3.63, 3.8) is 0 Å². The summed E-state index contributed by atoms with van der Waals surface area (Å²) in [6.45, 7) is 1.48. The summed E-state index contributed by atoms with van der Waals surface area (Å²) in [5.41, 5.74) is 4.96. The van der Waals surface area contributed by atoms with Gasteiger partial charge < -0.3 is 10.5 Å². The minimum Gasteiger partial charge on any atom is -0.464 e. The molecule has 0 spiro atoms. The first-order valence-corrected chi connectivity index (χ1v) is 4.99. The summed E-state index contributed by atoms with van der Waals surface area (Å²) in [5, 5.41) is 0. The second-order valence-corrected chi connectivity index (χ2v) is 3.32. The number of benzene rings is 1. The lowest BCUT2D eigenvalue weighted by molar-refractivity contribution is -0.150. The molecule has 2 atom stereocenters. The third kappa shape index (κ3) is 3.61. The minimum atomic E-state index is -2.23. The highest BCUT2D eigenvalue weighted by Crippen LogP contribution is 2.22.